The van der Waals surface area contributed by atoms with E-state index in [0.717, 1.165) is 11.3 Å². The normalized spacial score (nSPS) is 11.6. The zero-order chi connectivity index (χ0) is 14.4. The average Bonchev–Trinajstić information content (AvgIpc) is 2.69. The van der Waals surface area contributed by atoms with Gasteiger partial charge in [0.05, 0.1) is 0 Å². The Morgan fingerprint density at radius 2 is 2.00 bits per heavy atom. The van der Waals surface area contributed by atoms with Gasteiger partial charge in [-0.3, -0.25) is 10.1 Å². The topological polar surface area (TPSA) is 142 Å². The maximum atomic E-state index is 11.5. The molecule has 0 aromatic carbocycles. The summed E-state index contributed by atoms with van der Waals surface area (Å²) in [5.41, 5.74) is 0. The molecule has 4 N–H and O–H groups in total. The molecule has 1 atom stereocenters. The van der Waals surface area contributed by atoms with Crippen LogP contribution >= 0.6 is 11.3 Å². The highest BCUT2D eigenvalue weighted by molar-refractivity contribution is 7.15. The van der Waals surface area contributed by atoms with Gasteiger partial charge in [-0.25, -0.2) is 9.59 Å². The minimum absolute atomic E-state index is 0.201. The zero-order valence-electron chi connectivity index (χ0n) is 9.91. The van der Waals surface area contributed by atoms with E-state index in [2.05, 4.69) is 20.8 Å². The van der Waals surface area contributed by atoms with Crippen molar-refractivity contribution >= 4 is 34.4 Å². The maximum absolute atomic E-state index is 11.5. The van der Waals surface area contributed by atoms with Gasteiger partial charge in [-0.05, 0) is 13.3 Å². The molecule has 1 heterocycles. The summed E-state index contributed by atoms with van der Waals surface area (Å²) in [4.78, 5) is 32.7. The number of amides is 2. The number of nitrogens with one attached hydrogen (secondary N) is 2. The van der Waals surface area contributed by atoms with Crippen LogP contribution in [0, 0.1) is 6.92 Å². The highest BCUT2D eigenvalue weighted by Gasteiger charge is 2.21. The van der Waals surface area contributed by atoms with Crippen LogP contribution in [0.3, 0.4) is 0 Å². The summed E-state index contributed by atoms with van der Waals surface area (Å²) in [6.07, 6.45) is -0.553. The van der Waals surface area contributed by atoms with Gasteiger partial charge in [-0.15, -0.1) is 10.2 Å². The Morgan fingerprint density at radius 3 is 2.47 bits per heavy atom. The molecule has 1 rings (SSSR count). The fourth-order valence-electron chi connectivity index (χ4n) is 1.16. The standard InChI is InChI=1S/C9H12N4O5S/c1-4-12-13-9(19-4)11-8(18)10-5(7(16)17)2-3-6(14)15/h5H,2-3H2,1H3,(H,14,15)(H,16,17)(H2,10,11,13,18). The summed E-state index contributed by atoms with van der Waals surface area (Å²) in [6.45, 7) is 1.70. The van der Waals surface area contributed by atoms with E-state index in [9.17, 15) is 14.4 Å². The van der Waals surface area contributed by atoms with Crippen molar-refractivity contribution in [2.45, 2.75) is 25.8 Å². The van der Waals surface area contributed by atoms with Gasteiger partial charge < -0.3 is 15.5 Å². The lowest BCUT2D eigenvalue weighted by atomic mass is 10.1. The Morgan fingerprint density at radius 1 is 1.32 bits per heavy atom. The lowest BCUT2D eigenvalue weighted by molar-refractivity contribution is -0.140. The number of carboxylic acids is 2. The van der Waals surface area contributed by atoms with Crippen molar-refractivity contribution in [2.75, 3.05) is 5.32 Å². The molecule has 1 unspecified atom stereocenters. The molecule has 0 bridgehead atoms. The van der Waals surface area contributed by atoms with Gasteiger partial charge in [0.15, 0.2) is 0 Å². The minimum atomic E-state index is -1.30. The van der Waals surface area contributed by atoms with Crippen molar-refractivity contribution in [3.63, 3.8) is 0 Å². The van der Waals surface area contributed by atoms with Crippen LogP contribution < -0.4 is 10.6 Å². The largest absolute Gasteiger partial charge is 0.481 e. The summed E-state index contributed by atoms with van der Waals surface area (Å²) in [7, 11) is 0. The van der Waals surface area contributed by atoms with E-state index >= 15 is 0 Å². The van der Waals surface area contributed by atoms with Crippen molar-refractivity contribution in [1.29, 1.82) is 0 Å². The van der Waals surface area contributed by atoms with Crippen molar-refractivity contribution < 1.29 is 24.6 Å². The molecular weight excluding hydrogens is 276 g/mol. The second-order valence-electron chi connectivity index (χ2n) is 3.55. The van der Waals surface area contributed by atoms with E-state index in [-0.39, 0.29) is 18.0 Å². The van der Waals surface area contributed by atoms with Gasteiger partial charge in [0.2, 0.25) is 5.13 Å². The molecule has 0 saturated carbocycles. The molecule has 104 valence electrons. The highest BCUT2D eigenvalue weighted by Crippen LogP contribution is 2.13. The molecule has 0 aliphatic rings. The molecule has 0 fully saturated rings. The molecule has 1 aromatic heterocycles. The van der Waals surface area contributed by atoms with E-state index in [0.29, 0.717) is 5.01 Å². The predicted octanol–water partition coefficient (Wildman–Crippen LogP) is 0.286. The van der Waals surface area contributed by atoms with Gasteiger partial charge in [-0.2, -0.15) is 0 Å². The Hall–Kier alpha value is -2.23. The summed E-state index contributed by atoms with van der Waals surface area (Å²) in [5, 5.41) is 30.0. The van der Waals surface area contributed by atoms with E-state index in [1.54, 1.807) is 6.92 Å². The Kier molecular flexibility index (Phi) is 5.18. The van der Waals surface area contributed by atoms with Crippen LogP contribution in [0.25, 0.3) is 0 Å². The third-order valence-corrected chi connectivity index (χ3v) is 2.75. The first-order valence-corrected chi connectivity index (χ1v) is 6.02. The van der Waals surface area contributed by atoms with Gasteiger partial charge >= 0.3 is 18.0 Å². The van der Waals surface area contributed by atoms with Crippen molar-refractivity contribution in [2.24, 2.45) is 0 Å². The Balaban J connectivity index is 2.51. The van der Waals surface area contributed by atoms with Crippen LogP contribution in [0.4, 0.5) is 9.93 Å². The van der Waals surface area contributed by atoms with Crippen LogP contribution in [0.1, 0.15) is 17.8 Å². The number of nitrogens with zero attached hydrogens (tertiary/aromatic N) is 2. The minimum Gasteiger partial charge on any atom is -0.481 e. The summed E-state index contributed by atoms with van der Waals surface area (Å²) in [5.74, 6) is -2.43. The number of rotatable bonds is 6. The molecule has 0 aliphatic carbocycles. The first-order valence-electron chi connectivity index (χ1n) is 5.20. The molecule has 19 heavy (non-hydrogen) atoms. The molecular formula is C9H12N4O5S. The Bertz CT molecular complexity index is 489. The van der Waals surface area contributed by atoms with Gasteiger partial charge in [0, 0.05) is 6.42 Å². The van der Waals surface area contributed by atoms with Gasteiger partial charge in [0.25, 0.3) is 0 Å². The maximum Gasteiger partial charge on any atom is 0.326 e. The number of urea groups is 1. The van der Waals surface area contributed by atoms with Crippen molar-refractivity contribution in [3.8, 4) is 0 Å². The number of aromatic nitrogens is 2. The molecule has 0 spiro atoms. The molecule has 10 heteroatoms. The number of aliphatic carboxylic acids is 2. The number of aryl methyl sites for hydroxylation is 1. The third kappa shape index (κ3) is 5.29. The van der Waals surface area contributed by atoms with E-state index < -0.39 is 24.0 Å². The smallest absolute Gasteiger partial charge is 0.326 e. The van der Waals surface area contributed by atoms with Crippen LogP contribution in [0.5, 0.6) is 0 Å². The van der Waals surface area contributed by atoms with Crippen molar-refractivity contribution in [1.82, 2.24) is 15.5 Å². The van der Waals surface area contributed by atoms with Crippen molar-refractivity contribution in [3.05, 3.63) is 5.01 Å². The second-order valence-corrected chi connectivity index (χ2v) is 4.73. The van der Waals surface area contributed by atoms with Crippen LogP contribution in [0.2, 0.25) is 0 Å². The SMILES string of the molecule is Cc1nnc(NC(=O)NC(CCC(=O)O)C(=O)O)s1. The molecule has 0 radical (unpaired) electrons. The van der Waals surface area contributed by atoms with E-state index in [4.69, 9.17) is 10.2 Å². The van der Waals surface area contributed by atoms with Crippen LogP contribution in [0.15, 0.2) is 0 Å². The number of carbonyl (C=O) groups excluding carboxylic acids is 1. The Labute approximate surface area is 111 Å². The monoisotopic (exact) mass is 288 g/mol. The molecule has 1 aromatic rings. The summed E-state index contributed by atoms with van der Waals surface area (Å²) in [6, 6.07) is -2.04. The quantitative estimate of drug-likeness (QED) is 0.589. The zero-order valence-corrected chi connectivity index (χ0v) is 10.7. The van der Waals surface area contributed by atoms with Crippen LogP contribution in [-0.2, 0) is 9.59 Å². The lowest BCUT2D eigenvalue weighted by Crippen LogP contribution is -2.43. The predicted molar refractivity (Wildman–Crippen MR) is 65.1 cm³/mol. The number of carboxylic acid groups (broad SMARTS) is 2. The van der Waals surface area contributed by atoms with Gasteiger partial charge in [-0.1, -0.05) is 11.3 Å². The molecule has 0 saturated heterocycles. The first-order chi connectivity index (χ1) is 8.88. The molecule has 0 aliphatic heterocycles. The third-order valence-electron chi connectivity index (χ3n) is 2.00. The fourth-order valence-corrected chi connectivity index (χ4v) is 1.75. The second kappa shape index (κ2) is 6.64. The fraction of sp³-hybridized carbons (Fsp3) is 0.444. The summed E-state index contributed by atoms with van der Waals surface area (Å²) < 4.78 is 0. The number of hydrogen-bond acceptors (Lipinski definition) is 6. The van der Waals surface area contributed by atoms with Gasteiger partial charge in [0.1, 0.15) is 11.0 Å². The first kappa shape index (κ1) is 14.8. The highest BCUT2D eigenvalue weighted by atomic mass is 32.1. The van der Waals surface area contributed by atoms with E-state index in [1.165, 1.54) is 0 Å². The number of anilines is 1. The molecule has 2 amide bonds. The van der Waals surface area contributed by atoms with Crippen LogP contribution in [-0.4, -0.2) is 44.4 Å². The lowest BCUT2D eigenvalue weighted by Gasteiger charge is -2.13. The number of carbonyl (C=O) groups is 3. The number of hydrogen-bond donors (Lipinski definition) is 4. The average molecular weight is 288 g/mol. The molecule has 9 nitrogen and oxygen atoms in total. The summed E-state index contributed by atoms with van der Waals surface area (Å²) >= 11 is 1.13. The van der Waals surface area contributed by atoms with E-state index in [1.807, 2.05) is 0 Å².